The molecule has 29 heavy (non-hydrogen) atoms. The smallest absolute Gasteiger partial charge is 0.295 e. The van der Waals surface area contributed by atoms with Crippen LogP contribution in [0.4, 0.5) is 5.82 Å². The third-order valence-corrected chi connectivity index (χ3v) is 6.38. The molecule has 1 aliphatic carbocycles. The standard InChI is InChI=1S/C22H18Cl2N2O3/c23-13-7-5-12(6-8-13)19-18-20(27)15-3-1-2-4-16(15)29-21(18)22(28)26(19)17-10-9-14(24)11-25-17/h5-11,15-16,19H,1-4H2. The Hall–Kier alpha value is -2.37. The van der Waals surface area contributed by atoms with E-state index in [4.69, 9.17) is 27.9 Å². The van der Waals surface area contributed by atoms with Crippen LogP contribution in [-0.4, -0.2) is 22.8 Å². The van der Waals surface area contributed by atoms with Crippen LogP contribution in [0.3, 0.4) is 0 Å². The molecule has 148 valence electrons. The van der Waals surface area contributed by atoms with Gasteiger partial charge in [0.25, 0.3) is 5.91 Å². The van der Waals surface area contributed by atoms with Gasteiger partial charge in [0.1, 0.15) is 11.9 Å². The quantitative estimate of drug-likeness (QED) is 0.682. The number of Topliss-reactive ketones (excluding diaryl/α,β-unsaturated/α-hetero) is 1. The summed E-state index contributed by atoms with van der Waals surface area (Å²) >= 11 is 12.0. The number of ketones is 1. The summed E-state index contributed by atoms with van der Waals surface area (Å²) < 4.78 is 6.14. The molecule has 5 nitrogen and oxygen atoms in total. The number of fused-ring (bicyclic) bond motifs is 1. The molecule has 0 bridgehead atoms. The normalized spacial score (nSPS) is 26.3. The fourth-order valence-corrected chi connectivity index (χ4v) is 4.79. The number of hydrogen-bond donors (Lipinski definition) is 0. The van der Waals surface area contributed by atoms with Gasteiger partial charge in [-0.25, -0.2) is 4.98 Å². The van der Waals surface area contributed by atoms with Crippen molar-refractivity contribution in [2.24, 2.45) is 5.92 Å². The number of benzene rings is 1. The number of aromatic nitrogens is 1. The zero-order valence-corrected chi connectivity index (χ0v) is 17.0. The van der Waals surface area contributed by atoms with Crippen molar-refractivity contribution in [1.29, 1.82) is 0 Å². The zero-order valence-electron chi connectivity index (χ0n) is 15.5. The first-order chi connectivity index (χ1) is 14.0. The first kappa shape index (κ1) is 18.6. The second kappa shape index (κ2) is 7.15. The number of carbonyl (C=O) groups is 2. The molecule has 3 atom stereocenters. The first-order valence-corrected chi connectivity index (χ1v) is 10.5. The van der Waals surface area contributed by atoms with Gasteiger partial charge < -0.3 is 4.74 Å². The van der Waals surface area contributed by atoms with E-state index in [1.54, 1.807) is 24.3 Å². The number of amides is 1. The number of nitrogens with zero attached hydrogens (tertiary/aromatic N) is 2. The van der Waals surface area contributed by atoms with E-state index >= 15 is 0 Å². The number of rotatable bonds is 2. The Morgan fingerprint density at radius 3 is 2.41 bits per heavy atom. The van der Waals surface area contributed by atoms with Crippen molar-refractivity contribution in [2.75, 3.05) is 4.90 Å². The number of ether oxygens (including phenoxy) is 1. The van der Waals surface area contributed by atoms with Crippen LogP contribution >= 0.6 is 23.2 Å². The fourth-order valence-electron chi connectivity index (χ4n) is 4.55. The van der Waals surface area contributed by atoms with Gasteiger partial charge in [-0.2, -0.15) is 0 Å². The Morgan fingerprint density at radius 1 is 0.966 bits per heavy atom. The van der Waals surface area contributed by atoms with Crippen LogP contribution in [0.25, 0.3) is 0 Å². The summed E-state index contributed by atoms with van der Waals surface area (Å²) in [5, 5.41) is 1.06. The molecule has 2 aliphatic heterocycles. The van der Waals surface area contributed by atoms with Gasteiger partial charge in [-0.15, -0.1) is 0 Å². The highest BCUT2D eigenvalue weighted by Gasteiger charge is 2.52. The molecule has 1 aromatic carbocycles. The monoisotopic (exact) mass is 428 g/mol. The van der Waals surface area contributed by atoms with Gasteiger partial charge in [0, 0.05) is 11.2 Å². The van der Waals surface area contributed by atoms with Gasteiger partial charge in [-0.1, -0.05) is 41.8 Å². The van der Waals surface area contributed by atoms with E-state index in [-0.39, 0.29) is 29.5 Å². The molecule has 7 heteroatoms. The molecule has 1 amide bonds. The Kier molecular flexibility index (Phi) is 4.60. The molecule has 3 aliphatic rings. The highest BCUT2D eigenvalue weighted by Crippen LogP contribution is 2.48. The molecule has 0 N–H and O–H groups in total. The van der Waals surface area contributed by atoms with Crippen molar-refractivity contribution in [2.45, 2.75) is 37.8 Å². The molecule has 1 fully saturated rings. The van der Waals surface area contributed by atoms with Crippen LogP contribution in [0.1, 0.15) is 37.3 Å². The average molecular weight is 429 g/mol. The lowest BCUT2D eigenvalue weighted by Gasteiger charge is -2.35. The topological polar surface area (TPSA) is 59.5 Å². The van der Waals surface area contributed by atoms with E-state index in [1.807, 2.05) is 12.1 Å². The summed E-state index contributed by atoms with van der Waals surface area (Å²) in [5.74, 6) is 0.0686. The third kappa shape index (κ3) is 3.04. The lowest BCUT2D eigenvalue weighted by molar-refractivity contribution is -0.131. The Labute approximate surface area is 178 Å². The van der Waals surface area contributed by atoms with Crippen LogP contribution in [0, 0.1) is 5.92 Å². The van der Waals surface area contributed by atoms with E-state index in [0.717, 1.165) is 31.2 Å². The SMILES string of the molecule is O=C1C2=C(OC3CCCCC13)C(=O)N(c1ccc(Cl)cn1)C2c1ccc(Cl)cc1. The summed E-state index contributed by atoms with van der Waals surface area (Å²) in [6.45, 7) is 0. The van der Waals surface area contributed by atoms with Gasteiger partial charge in [0.05, 0.1) is 22.6 Å². The molecule has 3 unspecified atom stereocenters. The van der Waals surface area contributed by atoms with Crippen LogP contribution in [-0.2, 0) is 14.3 Å². The van der Waals surface area contributed by atoms with Gasteiger partial charge >= 0.3 is 0 Å². The van der Waals surface area contributed by atoms with Crippen molar-refractivity contribution in [1.82, 2.24) is 4.98 Å². The molecule has 1 saturated carbocycles. The minimum absolute atomic E-state index is 0.0145. The van der Waals surface area contributed by atoms with Crippen molar-refractivity contribution >= 4 is 40.7 Å². The summed E-state index contributed by atoms with van der Waals surface area (Å²) in [6, 6.07) is 9.93. The molecule has 0 radical (unpaired) electrons. The maximum Gasteiger partial charge on any atom is 0.295 e. The Bertz CT molecular complexity index is 1020. The van der Waals surface area contributed by atoms with Crippen LogP contribution < -0.4 is 4.90 Å². The average Bonchev–Trinajstić information content (AvgIpc) is 3.02. The van der Waals surface area contributed by atoms with Crippen molar-refractivity contribution in [3.8, 4) is 0 Å². The summed E-state index contributed by atoms with van der Waals surface area (Å²) in [5.41, 5.74) is 1.22. The van der Waals surface area contributed by atoms with E-state index in [0.29, 0.717) is 21.4 Å². The Balaban J connectivity index is 1.65. The van der Waals surface area contributed by atoms with Crippen LogP contribution in [0.5, 0.6) is 0 Å². The molecule has 1 aromatic heterocycles. The summed E-state index contributed by atoms with van der Waals surface area (Å²) in [4.78, 5) is 32.7. The number of halogens is 2. The van der Waals surface area contributed by atoms with Crippen molar-refractivity contribution in [3.05, 3.63) is 69.5 Å². The molecule has 3 heterocycles. The maximum absolute atomic E-state index is 13.5. The molecule has 2 aromatic rings. The number of carbonyl (C=O) groups excluding carboxylic acids is 2. The van der Waals surface area contributed by atoms with Crippen molar-refractivity contribution < 1.29 is 14.3 Å². The summed E-state index contributed by atoms with van der Waals surface area (Å²) in [7, 11) is 0. The van der Waals surface area contributed by atoms with Gasteiger partial charge in [0.15, 0.2) is 11.5 Å². The number of pyridine rings is 1. The second-order valence-electron chi connectivity index (χ2n) is 7.62. The van der Waals surface area contributed by atoms with E-state index in [9.17, 15) is 9.59 Å². The lowest BCUT2D eigenvalue weighted by atomic mass is 9.77. The number of anilines is 1. The molecule has 0 spiro atoms. The molecular weight excluding hydrogens is 411 g/mol. The minimum atomic E-state index is -0.598. The zero-order chi connectivity index (χ0) is 20.1. The number of hydrogen-bond acceptors (Lipinski definition) is 4. The van der Waals surface area contributed by atoms with E-state index < -0.39 is 6.04 Å². The lowest BCUT2D eigenvalue weighted by Crippen LogP contribution is -2.39. The predicted molar refractivity (Wildman–Crippen MR) is 110 cm³/mol. The van der Waals surface area contributed by atoms with Crippen LogP contribution in [0.15, 0.2) is 53.9 Å². The first-order valence-electron chi connectivity index (χ1n) is 9.70. The molecule has 0 saturated heterocycles. The minimum Gasteiger partial charge on any atom is -0.483 e. The Morgan fingerprint density at radius 2 is 1.69 bits per heavy atom. The maximum atomic E-state index is 13.5. The summed E-state index contributed by atoms with van der Waals surface area (Å²) in [6.07, 6.45) is 4.87. The highest BCUT2D eigenvalue weighted by atomic mass is 35.5. The third-order valence-electron chi connectivity index (χ3n) is 5.91. The molecule has 5 rings (SSSR count). The van der Waals surface area contributed by atoms with E-state index in [2.05, 4.69) is 4.98 Å². The fraction of sp³-hybridized carbons (Fsp3) is 0.318. The van der Waals surface area contributed by atoms with Crippen LogP contribution in [0.2, 0.25) is 10.0 Å². The van der Waals surface area contributed by atoms with E-state index in [1.165, 1.54) is 11.1 Å². The molecular formula is C22H18Cl2N2O3. The highest BCUT2D eigenvalue weighted by molar-refractivity contribution is 6.30. The van der Waals surface area contributed by atoms with Crippen molar-refractivity contribution in [3.63, 3.8) is 0 Å². The largest absolute Gasteiger partial charge is 0.483 e. The van der Waals surface area contributed by atoms with Gasteiger partial charge in [0.2, 0.25) is 0 Å². The van der Waals surface area contributed by atoms with Gasteiger partial charge in [-0.3, -0.25) is 14.5 Å². The van der Waals surface area contributed by atoms with Gasteiger partial charge in [-0.05, 0) is 49.1 Å². The predicted octanol–water partition coefficient (Wildman–Crippen LogP) is 4.89. The second-order valence-corrected chi connectivity index (χ2v) is 8.49.